The summed E-state index contributed by atoms with van der Waals surface area (Å²) in [5, 5.41) is 19.2. The molecule has 2 rings (SSSR count). The summed E-state index contributed by atoms with van der Waals surface area (Å²) in [6.07, 6.45) is 4.26. The Balaban J connectivity index is 2.44. The number of esters is 1. The van der Waals surface area contributed by atoms with E-state index >= 15 is 0 Å². The third-order valence-electron chi connectivity index (χ3n) is 5.73. The molecule has 2 aliphatic heterocycles. The van der Waals surface area contributed by atoms with Crippen LogP contribution in [0.25, 0.3) is 0 Å². The van der Waals surface area contributed by atoms with Gasteiger partial charge in [-0.3, -0.25) is 19.2 Å². The van der Waals surface area contributed by atoms with Crippen molar-refractivity contribution in [1.29, 1.82) is 0 Å². The van der Waals surface area contributed by atoms with Crippen LogP contribution in [-0.4, -0.2) is 70.6 Å². The van der Waals surface area contributed by atoms with Crippen LogP contribution >= 0.6 is 21.6 Å². The maximum atomic E-state index is 13.3. The summed E-state index contributed by atoms with van der Waals surface area (Å²) in [4.78, 5) is 51.9. The first-order valence-corrected chi connectivity index (χ1v) is 14.9. The van der Waals surface area contributed by atoms with E-state index in [9.17, 15) is 24.3 Å². The summed E-state index contributed by atoms with van der Waals surface area (Å²) >= 11 is 0. The third-order valence-corrected chi connectivity index (χ3v) is 8.18. The highest BCUT2D eigenvalue weighted by molar-refractivity contribution is 8.76. The molecule has 0 unspecified atom stereocenters. The summed E-state index contributed by atoms with van der Waals surface area (Å²) in [6, 6.07) is -2.34. The molecule has 0 aromatic heterocycles. The van der Waals surface area contributed by atoms with Gasteiger partial charge in [0.05, 0.1) is 25.0 Å². The van der Waals surface area contributed by atoms with Gasteiger partial charge in [-0.2, -0.15) is 0 Å². The molecule has 2 aliphatic rings. The van der Waals surface area contributed by atoms with E-state index in [4.69, 9.17) is 4.74 Å². The van der Waals surface area contributed by atoms with Gasteiger partial charge >= 0.3 is 5.97 Å². The summed E-state index contributed by atoms with van der Waals surface area (Å²) in [7, 11) is 3.06. The SMILES string of the molecule is CCCC[C@H]1NC(=O)C[C@H]2/C=C/CCSSC[C@@H](NC1=O)C(=O)N[C@H](CC(C)C)[C@@H](O)CC(=O)O2. The second kappa shape index (κ2) is 15.4. The highest BCUT2D eigenvalue weighted by Crippen LogP contribution is 2.24. The van der Waals surface area contributed by atoms with Crippen molar-refractivity contribution in [2.24, 2.45) is 5.92 Å². The zero-order valence-electron chi connectivity index (χ0n) is 20.8. The van der Waals surface area contributed by atoms with Crippen molar-refractivity contribution in [3.63, 3.8) is 0 Å². The molecule has 2 bridgehead atoms. The van der Waals surface area contributed by atoms with E-state index in [1.165, 1.54) is 10.8 Å². The first-order chi connectivity index (χ1) is 16.7. The van der Waals surface area contributed by atoms with Crippen LogP contribution in [0.2, 0.25) is 0 Å². The van der Waals surface area contributed by atoms with Crippen LogP contribution in [0, 0.1) is 5.92 Å². The molecule has 0 spiro atoms. The van der Waals surface area contributed by atoms with Gasteiger partial charge in [0.2, 0.25) is 17.7 Å². The zero-order chi connectivity index (χ0) is 25.8. The summed E-state index contributed by atoms with van der Waals surface area (Å²) < 4.78 is 5.53. The van der Waals surface area contributed by atoms with Crippen molar-refractivity contribution in [1.82, 2.24) is 16.0 Å². The average molecular weight is 530 g/mol. The predicted molar refractivity (Wildman–Crippen MR) is 139 cm³/mol. The Morgan fingerprint density at radius 3 is 2.57 bits per heavy atom. The molecule has 4 N–H and O–H groups in total. The van der Waals surface area contributed by atoms with Gasteiger partial charge < -0.3 is 25.8 Å². The normalized spacial score (nSPS) is 30.7. The molecule has 2 heterocycles. The number of hydrogen-bond donors (Lipinski definition) is 4. The number of ether oxygens (including phenoxy) is 1. The quantitative estimate of drug-likeness (QED) is 0.242. The van der Waals surface area contributed by atoms with Gasteiger partial charge in [-0.15, -0.1) is 0 Å². The van der Waals surface area contributed by atoms with Crippen LogP contribution in [-0.2, 0) is 23.9 Å². The smallest absolute Gasteiger partial charge is 0.309 e. The first kappa shape index (κ1) is 29.5. The van der Waals surface area contributed by atoms with Crippen LogP contribution < -0.4 is 16.0 Å². The molecule has 198 valence electrons. The summed E-state index contributed by atoms with van der Waals surface area (Å²) in [5.41, 5.74) is 0. The van der Waals surface area contributed by atoms with Crippen molar-refractivity contribution < 1.29 is 29.0 Å². The second-order valence-corrected chi connectivity index (χ2v) is 12.0. The number of unbranched alkanes of at least 4 members (excludes halogenated alkanes) is 1. The number of nitrogens with one attached hydrogen (secondary N) is 3. The van der Waals surface area contributed by atoms with E-state index in [1.807, 2.05) is 26.8 Å². The predicted octanol–water partition coefficient (Wildman–Crippen LogP) is 2.08. The molecule has 1 saturated heterocycles. The first-order valence-electron chi connectivity index (χ1n) is 12.4. The second-order valence-electron chi connectivity index (χ2n) is 9.40. The van der Waals surface area contributed by atoms with E-state index in [0.717, 1.165) is 18.6 Å². The van der Waals surface area contributed by atoms with E-state index in [2.05, 4.69) is 16.0 Å². The monoisotopic (exact) mass is 529 g/mol. The molecule has 0 saturated carbocycles. The molecule has 9 nitrogen and oxygen atoms in total. The van der Waals surface area contributed by atoms with Crippen LogP contribution in [0.1, 0.15) is 65.7 Å². The van der Waals surface area contributed by atoms with Gasteiger partial charge in [-0.1, -0.05) is 61.3 Å². The fourth-order valence-electron chi connectivity index (χ4n) is 3.89. The van der Waals surface area contributed by atoms with Crippen molar-refractivity contribution in [3.8, 4) is 0 Å². The number of aliphatic hydroxyl groups excluding tert-OH is 1. The Kier molecular flexibility index (Phi) is 13.0. The molecule has 3 amide bonds. The molecule has 5 atom stereocenters. The topological polar surface area (TPSA) is 134 Å². The molecular formula is C24H39N3O6S2. The fourth-order valence-corrected chi connectivity index (χ4v) is 6.05. The minimum Gasteiger partial charge on any atom is -0.457 e. The van der Waals surface area contributed by atoms with E-state index in [0.29, 0.717) is 25.0 Å². The lowest BCUT2D eigenvalue weighted by Gasteiger charge is -2.28. The van der Waals surface area contributed by atoms with Gasteiger partial charge in [-0.25, -0.2) is 0 Å². The fraction of sp³-hybridized carbons (Fsp3) is 0.750. The number of rotatable bonds is 5. The average Bonchev–Trinajstić information content (AvgIpc) is 2.78. The van der Waals surface area contributed by atoms with Gasteiger partial charge in [-0.05, 0) is 31.3 Å². The van der Waals surface area contributed by atoms with Gasteiger partial charge in [0.15, 0.2) is 0 Å². The largest absolute Gasteiger partial charge is 0.457 e. The lowest BCUT2D eigenvalue weighted by atomic mass is 9.97. The Morgan fingerprint density at radius 1 is 1.09 bits per heavy atom. The van der Waals surface area contributed by atoms with Gasteiger partial charge in [0, 0.05) is 11.5 Å². The third kappa shape index (κ3) is 10.8. The van der Waals surface area contributed by atoms with Crippen LogP contribution in [0.15, 0.2) is 12.2 Å². The van der Waals surface area contributed by atoms with E-state index in [-0.39, 0.29) is 18.8 Å². The van der Waals surface area contributed by atoms with Crippen LogP contribution in [0.3, 0.4) is 0 Å². The van der Waals surface area contributed by atoms with Crippen LogP contribution in [0.4, 0.5) is 0 Å². The molecule has 35 heavy (non-hydrogen) atoms. The molecule has 0 aromatic rings. The number of amides is 3. The number of hydrogen-bond acceptors (Lipinski definition) is 8. The number of fused-ring (bicyclic) bond motifs is 7. The molecule has 0 aliphatic carbocycles. The maximum Gasteiger partial charge on any atom is 0.309 e. The highest BCUT2D eigenvalue weighted by Gasteiger charge is 2.32. The molecule has 0 radical (unpaired) electrons. The van der Waals surface area contributed by atoms with Crippen molar-refractivity contribution >= 4 is 45.3 Å². The van der Waals surface area contributed by atoms with Crippen molar-refractivity contribution in [2.75, 3.05) is 11.5 Å². The zero-order valence-corrected chi connectivity index (χ0v) is 22.4. The number of carbonyl (C=O) groups is 4. The summed E-state index contributed by atoms with van der Waals surface area (Å²) in [6.45, 7) is 5.91. The van der Waals surface area contributed by atoms with Crippen molar-refractivity contribution in [3.05, 3.63) is 12.2 Å². The molecule has 1 fully saturated rings. The lowest BCUT2D eigenvalue weighted by Crippen LogP contribution is -2.57. The standard InChI is InChI=1S/C24H39N3O6S2/c1-4-5-9-17-23(31)27-19-14-35-34-10-7-6-8-16(12-21(29)25-17)33-22(30)13-20(28)18(11-15(2)3)26-24(19)32/h6,8,15-20,28H,4-5,7,9-14H2,1-3H3,(H,25,29)(H,26,32)(H,27,31)/b8-6+/t16-,17-,18-,19-,20+/m1/s1. The lowest BCUT2D eigenvalue weighted by molar-refractivity contribution is -0.151. The molecule has 11 heteroatoms. The minimum atomic E-state index is -1.17. The molecule has 0 aromatic carbocycles. The maximum absolute atomic E-state index is 13.3. The van der Waals surface area contributed by atoms with Crippen molar-refractivity contribution in [2.45, 2.75) is 96.1 Å². The Labute approximate surface area is 215 Å². The Bertz CT molecular complexity index is 764. The minimum absolute atomic E-state index is 0.133. The Hall–Kier alpha value is -1.72. The van der Waals surface area contributed by atoms with Gasteiger partial charge in [0.1, 0.15) is 18.2 Å². The number of aliphatic hydroxyl groups is 1. The van der Waals surface area contributed by atoms with E-state index in [1.54, 1.807) is 16.9 Å². The number of allylic oxidation sites excluding steroid dienone is 1. The Morgan fingerprint density at radius 2 is 1.86 bits per heavy atom. The van der Waals surface area contributed by atoms with Gasteiger partial charge in [0.25, 0.3) is 0 Å². The highest BCUT2D eigenvalue weighted by atomic mass is 33.1. The number of carbonyl (C=O) groups excluding carboxylic acids is 4. The van der Waals surface area contributed by atoms with Crippen LogP contribution in [0.5, 0.6) is 0 Å². The summed E-state index contributed by atoms with van der Waals surface area (Å²) in [5.74, 6) is -0.691. The van der Waals surface area contributed by atoms with E-state index < -0.39 is 54.0 Å². The molecular weight excluding hydrogens is 490 g/mol.